The minimum absolute atomic E-state index is 0.561. The lowest BCUT2D eigenvalue weighted by Gasteiger charge is -2.47. The lowest BCUT2D eigenvalue weighted by molar-refractivity contribution is 0.115. The van der Waals surface area contributed by atoms with Gasteiger partial charge in [-0.2, -0.15) is 0 Å². The quantitative estimate of drug-likeness (QED) is 0.899. The zero-order valence-corrected chi connectivity index (χ0v) is 12.7. The molecule has 2 fully saturated rings. The van der Waals surface area contributed by atoms with Crippen molar-refractivity contribution in [3.63, 3.8) is 0 Å². The Morgan fingerprint density at radius 1 is 1.37 bits per heavy atom. The van der Waals surface area contributed by atoms with Crippen molar-refractivity contribution in [2.24, 2.45) is 5.73 Å². The molecule has 0 saturated carbocycles. The summed E-state index contributed by atoms with van der Waals surface area (Å²) in [4.78, 5) is 11.1. The highest BCUT2D eigenvalue weighted by molar-refractivity contribution is 7.15. The normalized spacial score (nSPS) is 28.5. The molecule has 0 spiro atoms. The third-order valence-electron chi connectivity index (χ3n) is 4.50. The molecule has 4 nitrogen and oxygen atoms in total. The third-order valence-corrected chi connectivity index (χ3v) is 5.72. The molecule has 1 aromatic rings. The van der Waals surface area contributed by atoms with E-state index in [1.54, 1.807) is 11.3 Å². The standard InChI is InChI=1S/C14H24N4S/c1-10-8-17-6-4-3-5-12(17)9-18(10)14-16-11(2)13(7-15)19-14/h10,12H,3-9,15H2,1-2H3. The summed E-state index contributed by atoms with van der Waals surface area (Å²) in [6.07, 6.45) is 4.10. The van der Waals surface area contributed by atoms with E-state index in [0.717, 1.165) is 18.3 Å². The van der Waals surface area contributed by atoms with Crippen LogP contribution >= 0.6 is 11.3 Å². The summed E-state index contributed by atoms with van der Waals surface area (Å²) in [6.45, 7) is 8.61. The van der Waals surface area contributed by atoms with Gasteiger partial charge in [0.25, 0.3) is 0 Å². The van der Waals surface area contributed by atoms with E-state index in [9.17, 15) is 0 Å². The zero-order valence-electron chi connectivity index (χ0n) is 11.9. The van der Waals surface area contributed by atoms with Gasteiger partial charge in [-0.15, -0.1) is 11.3 Å². The van der Waals surface area contributed by atoms with Crippen LogP contribution in [0.1, 0.15) is 36.8 Å². The average molecular weight is 280 g/mol. The van der Waals surface area contributed by atoms with Crippen LogP contribution in [0.4, 0.5) is 5.13 Å². The fourth-order valence-electron chi connectivity index (χ4n) is 3.34. The maximum absolute atomic E-state index is 5.78. The Morgan fingerprint density at radius 2 is 2.21 bits per heavy atom. The first-order chi connectivity index (χ1) is 9.19. The number of nitrogens with zero attached hydrogens (tertiary/aromatic N) is 3. The van der Waals surface area contributed by atoms with Crippen LogP contribution in [0.3, 0.4) is 0 Å². The predicted octanol–water partition coefficient (Wildman–Crippen LogP) is 1.97. The summed E-state index contributed by atoms with van der Waals surface area (Å²) < 4.78 is 0. The zero-order chi connectivity index (χ0) is 13.4. The lowest BCUT2D eigenvalue weighted by atomic mass is 9.97. The molecule has 3 rings (SSSR count). The maximum Gasteiger partial charge on any atom is 0.186 e. The molecule has 5 heteroatoms. The van der Waals surface area contributed by atoms with E-state index in [1.807, 2.05) is 0 Å². The second kappa shape index (κ2) is 5.38. The Labute approximate surface area is 119 Å². The molecule has 3 heterocycles. The van der Waals surface area contributed by atoms with Crippen LogP contribution in [0, 0.1) is 6.92 Å². The number of fused-ring (bicyclic) bond motifs is 1. The van der Waals surface area contributed by atoms with Crippen LogP contribution in [0.25, 0.3) is 0 Å². The number of anilines is 1. The van der Waals surface area contributed by atoms with E-state index in [-0.39, 0.29) is 0 Å². The van der Waals surface area contributed by atoms with Gasteiger partial charge >= 0.3 is 0 Å². The maximum atomic E-state index is 5.78. The molecule has 2 saturated heterocycles. The summed E-state index contributed by atoms with van der Waals surface area (Å²) in [6, 6.07) is 1.29. The molecule has 106 valence electrons. The molecule has 2 N–H and O–H groups in total. The highest BCUT2D eigenvalue weighted by Crippen LogP contribution is 2.32. The summed E-state index contributed by atoms with van der Waals surface area (Å²) in [7, 11) is 0. The van der Waals surface area contributed by atoms with Crippen molar-refractivity contribution in [1.82, 2.24) is 9.88 Å². The van der Waals surface area contributed by atoms with Gasteiger partial charge in [-0.3, -0.25) is 4.90 Å². The summed E-state index contributed by atoms with van der Waals surface area (Å²) in [5.74, 6) is 0. The highest BCUT2D eigenvalue weighted by atomic mass is 32.1. The van der Waals surface area contributed by atoms with Gasteiger partial charge in [-0.1, -0.05) is 6.42 Å². The topological polar surface area (TPSA) is 45.4 Å². The van der Waals surface area contributed by atoms with E-state index in [0.29, 0.717) is 12.6 Å². The second-order valence-electron chi connectivity index (χ2n) is 5.86. The van der Waals surface area contributed by atoms with Crippen LogP contribution in [0.15, 0.2) is 0 Å². The van der Waals surface area contributed by atoms with Crippen LogP contribution in [0.5, 0.6) is 0 Å². The van der Waals surface area contributed by atoms with Crippen molar-refractivity contribution in [1.29, 1.82) is 0 Å². The number of piperazine rings is 1. The summed E-state index contributed by atoms with van der Waals surface area (Å²) in [5, 5.41) is 1.18. The van der Waals surface area contributed by atoms with E-state index in [1.165, 1.54) is 42.4 Å². The van der Waals surface area contributed by atoms with Gasteiger partial charge in [0.2, 0.25) is 0 Å². The van der Waals surface area contributed by atoms with Crippen molar-refractivity contribution in [3.8, 4) is 0 Å². The molecule has 2 aliphatic rings. The summed E-state index contributed by atoms with van der Waals surface area (Å²) in [5.41, 5.74) is 6.89. The minimum atomic E-state index is 0.561. The van der Waals surface area contributed by atoms with Crippen LogP contribution in [-0.4, -0.2) is 41.6 Å². The van der Waals surface area contributed by atoms with Gasteiger partial charge in [0.05, 0.1) is 5.69 Å². The first kappa shape index (κ1) is 13.3. The minimum Gasteiger partial charge on any atom is -0.343 e. The van der Waals surface area contributed by atoms with Crippen molar-refractivity contribution in [3.05, 3.63) is 10.6 Å². The Morgan fingerprint density at radius 3 is 2.95 bits per heavy atom. The van der Waals surface area contributed by atoms with E-state index >= 15 is 0 Å². The molecular formula is C14H24N4S. The SMILES string of the molecule is Cc1nc(N2CC3CCCCN3CC2C)sc1CN. The van der Waals surface area contributed by atoms with Crippen molar-refractivity contribution in [2.75, 3.05) is 24.5 Å². The molecule has 0 amide bonds. The van der Waals surface area contributed by atoms with E-state index in [4.69, 9.17) is 10.7 Å². The highest BCUT2D eigenvalue weighted by Gasteiger charge is 2.34. The number of hydrogen-bond acceptors (Lipinski definition) is 5. The number of aryl methyl sites for hydroxylation is 1. The largest absolute Gasteiger partial charge is 0.343 e. The molecule has 0 aliphatic carbocycles. The molecular weight excluding hydrogens is 256 g/mol. The first-order valence-electron chi connectivity index (χ1n) is 7.36. The Hall–Kier alpha value is -0.650. The average Bonchev–Trinajstić information content (AvgIpc) is 2.79. The fraction of sp³-hybridized carbons (Fsp3) is 0.786. The van der Waals surface area contributed by atoms with Gasteiger partial charge in [0.15, 0.2) is 5.13 Å². The van der Waals surface area contributed by atoms with Crippen LogP contribution < -0.4 is 10.6 Å². The predicted molar refractivity (Wildman–Crippen MR) is 80.8 cm³/mol. The second-order valence-corrected chi connectivity index (χ2v) is 6.92. The van der Waals surface area contributed by atoms with Gasteiger partial charge < -0.3 is 10.6 Å². The number of thiazole rings is 1. The Kier molecular flexibility index (Phi) is 3.78. The van der Waals surface area contributed by atoms with Gasteiger partial charge in [-0.25, -0.2) is 4.98 Å². The van der Waals surface area contributed by atoms with E-state index < -0.39 is 0 Å². The van der Waals surface area contributed by atoms with Gasteiger partial charge in [-0.05, 0) is 33.2 Å². The third kappa shape index (κ3) is 2.51. The summed E-state index contributed by atoms with van der Waals surface area (Å²) >= 11 is 1.78. The molecule has 19 heavy (non-hydrogen) atoms. The lowest BCUT2D eigenvalue weighted by Crippen LogP contribution is -2.58. The van der Waals surface area contributed by atoms with Gasteiger partial charge in [0, 0.05) is 36.6 Å². The molecule has 1 aromatic heterocycles. The molecule has 0 radical (unpaired) electrons. The number of nitrogens with two attached hydrogens (primary N) is 1. The number of hydrogen-bond donors (Lipinski definition) is 1. The fourth-order valence-corrected chi connectivity index (χ4v) is 4.39. The molecule has 2 unspecified atom stereocenters. The smallest absolute Gasteiger partial charge is 0.186 e. The van der Waals surface area contributed by atoms with Crippen LogP contribution in [0.2, 0.25) is 0 Å². The molecule has 0 bridgehead atoms. The van der Waals surface area contributed by atoms with Crippen molar-refractivity contribution in [2.45, 2.75) is 51.7 Å². The van der Waals surface area contributed by atoms with Crippen molar-refractivity contribution < 1.29 is 0 Å². The Balaban J connectivity index is 1.79. The monoisotopic (exact) mass is 280 g/mol. The number of piperidine rings is 1. The van der Waals surface area contributed by atoms with Crippen molar-refractivity contribution >= 4 is 16.5 Å². The number of rotatable bonds is 2. The Bertz CT molecular complexity index is 445. The molecule has 2 atom stereocenters. The molecule has 0 aromatic carbocycles. The van der Waals surface area contributed by atoms with Gasteiger partial charge in [0.1, 0.15) is 0 Å². The van der Waals surface area contributed by atoms with Crippen LogP contribution in [-0.2, 0) is 6.54 Å². The van der Waals surface area contributed by atoms with E-state index in [2.05, 4.69) is 23.6 Å². The first-order valence-corrected chi connectivity index (χ1v) is 8.17. The molecule has 2 aliphatic heterocycles. The number of aromatic nitrogens is 1.